The molecular weight excluding hydrogens is 455 g/mol. The highest BCUT2D eigenvalue weighted by Crippen LogP contribution is 2.27. The van der Waals surface area contributed by atoms with E-state index in [1.54, 1.807) is 6.07 Å². The molecule has 10 heteroatoms. The Morgan fingerprint density at radius 3 is 2.59 bits per heavy atom. The van der Waals surface area contributed by atoms with Gasteiger partial charge in [-0.05, 0) is 61.9 Å². The number of halogens is 1. The number of ether oxygens (including phenoxy) is 2. The van der Waals surface area contributed by atoms with Crippen LogP contribution < -0.4 is 10.1 Å². The Morgan fingerprint density at radius 1 is 1.16 bits per heavy atom. The van der Waals surface area contributed by atoms with Crippen molar-refractivity contribution in [2.24, 2.45) is 5.92 Å². The standard InChI is InChI=1S/C22H29FN2O5S2/c1-15-14-24-21(26)20-19(11-13-31-20)30-16(2)6-4-5-12-29-22(15)25(3)32(27,28)18-9-7-17(23)8-10-18/h7-11,13,15-16,22H,4-6,12,14H2,1-3H3,(H,24,26)/t15-,16+,22-/m1/s1. The fourth-order valence-corrected chi connectivity index (χ4v) is 5.64. The Hall–Kier alpha value is -2.01. The molecule has 3 rings (SSSR count). The smallest absolute Gasteiger partial charge is 0.265 e. The zero-order valence-corrected chi connectivity index (χ0v) is 20.0. The number of hydrogen-bond acceptors (Lipinski definition) is 6. The summed E-state index contributed by atoms with van der Waals surface area (Å²) in [5, 5.41) is 4.68. The predicted molar refractivity (Wildman–Crippen MR) is 121 cm³/mol. The molecule has 0 spiro atoms. The average Bonchev–Trinajstić information content (AvgIpc) is 3.21. The summed E-state index contributed by atoms with van der Waals surface area (Å²) in [7, 11) is -2.48. The van der Waals surface area contributed by atoms with E-state index in [0.29, 0.717) is 17.2 Å². The lowest BCUT2D eigenvalue weighted by Crippen LogP contribution is -2.46. The van der Waals surface area contributed by atoms with Crippen molar-refractivity contribution in [2.75, 3.05) is 20.2 Å². The number of rotatable bonds is 3. The van der Waals surface area contributed by atoms with Crippen LogP contribution in [-0.2, 0) is 14.8 Å². The number of nitrogens with zero attached hydrogens (tertiary/aromatic N) is 1. The normalized spacial score (nSPS) is 23.7. The van der Waals surface area contributed by atoms with Gasteiger partial charge in [-0.15, -0.1) is 11.3 Å². The second-order valence-electron chi connectivity index (χ2n) is 7.96. The van der Waals surface area contributed by atoms with E-state index in [-0.39, 0.29) is 29.4 Å². The maximum Gasteiger partial charge on any atom is 0.265 e. The van der Waals surface area contributed by atoms with Crippen molar-refractivity contribution in [3.8, 4) is 5.75 Å². The van der Waals surface area contributed by atoms with Crippen LogP contribution in [0, 0.1) is 11.7 Å². The van der Waals surface area contributed by atoms with Gasteiger partial charge in [0.1, 0.15) is 22.7 Å². The number of carbonyl (C=O) groups is 1. The first-order valence-corrected chi connectivity index (χ1v) is 12.9. The van der Waals surface area contributed by atoms with Gasteiger partial charge in [-0.3, -0.25) is 4.79 Å². The molecule has 0 bridgehead atoms. The van der Waals surface area contributed by atoms with E-state index in [2.05, 4.69) is 5.32 Å². The number of benzene rings is 1. The van der Waals surface area contributed by atoms with Crippen molar-refractivity contribution in [1.82, 2.24) is 9.62 Å². The van der Waals surface area contributed by atoms with Crippen molar-refractivity contribution in [3.63, 3.8) is 0 Å². The Balaban J connectivity index is 1.82. The summed E-state index contributed by atoms with van der Waals surface area (Å²) in [5.74, 6) is -0.559. The molecule has 0 aliphatic carbocycles. The summed E-state index contributed by atoms with van der Waals surface area (Å²) in [4.78, 5) is 13.2. The Morgan fingerprint density at radius 2 is 1.88 bits per heavy atom. The van der Waals surface area contributed by atoms with Crippen LogP contribution in [0.5, 0.6) is 5.75 Å². The fraction of sp³-hybridized carbons (Fsp3) is 0.500. The molecule has 1 aliphatic rings. The zero-order chi connectivity index (χ0) is 23.3. The van der Waals surface area contributed by atoms with Gasteiger partial charge in [0.05, 0.1) is 11.0 Å². The highest BCUT2D eigenvalue weighted by atomic mass is 32.2. The Labute approximate surface area is 192 Å². The minimum absolute atomic E-state index is 0.0187. The number of sulfonamides is 1. The number of fused-ring (bicyclic) bond motifs is 1. The monoisotopic (exact) mass is 484 g/mol. The van der Waals surface area contributed by atoms with Crippen LogP contribution in [0.1, 0.15) is 42.8 Å². The first-order valence-electron chi connectivity index (χ1n) is 10.6. The summed E-state index contributed by atoms with van der Waals surface area (Å²) in [6, 6.07) is 6.48. The molecule has 3 atom stereocenters. The van der Waals surface area contributed by atoms with E-state index in [9.17, 15) is 17.6 Å². The van der Waals surface area contributed by atoms with Gasteiger partial charge in [0, 0.05) is 26.1 Å². The third-order valence-electron chi connectivity index (χ3n) is 5.38. The molecule has 7 nitrogen and oxygen atoms in total. The summed E-state index contributed by atoms with van der Waals surface area (Å²) < 4.78 is 52.6. The molecule has 1 amide bonds. The molecule has 0 radical (unpaired) electrons. The molecule has 1 aromatic heterocycles. The number of nitrogens with one attached hydrogen (secondary N) is 1. The van der Waals surface area contributed by atoms with Gasteiger partial charge in [0.15, 0.2) is 0 Å². The molecule has 0 unspecified atom stereocenters. The van der Waals surface area contributed by atoms with Gasteiger partial charge in [-0.2, -0.15) is 4.31 Å². The Bertz CT molecular complexity index is 1010. The zero-order valence-electron chi connectivity index (χ0n) is 18.4. The maximum atomic E-state index is 13.3. The summed E-state index contributed by atoms with van der Waals surface area (Å²) in [6.45, 7) is 4.35. The van der Waals surface area contributed by atoms with Crippen LogP contribution in [0.3, 0.4) is 0 Å². The highest BCUT2D eigenvalue weighted by Gasteiger charge is 2.33. The van der Waals surface area contributed by atoms with Gasteiger partial charge in [-0.1, -0.05) is 6.92 Å². The minimum atomic E-state index is -3.92. The van der Waals surface area contributed by atoms with Gasteiger partial charge in [0.25, 0.3) is 5.91 Å². The number of carbonyl (C=O) groups excluding carboxylic acids is 1. The first-order chi connectivity index (χ1) is 15.2. The van der Waals surface area contributed by atoms with Crippen molar-refractivity contribution in [3.05, 3.63) is 46.4 Å². The molecular formula is C22H29FN2O5S2. The number of amides is 1. The second kappa shape index (κ2) is 10.7. The van der Waals surface area contributed by atoms with E-state index < -0.39 is 22.1 Å². The summed E-state index contributed by atoms with van der Waals surface area (Å²) in [6.07, 6.45) is 1.50. The molecule has 0 saturated carbocycles. The van der Waals surface area contributed by atoms with E-state index in [4.69, 9.17) is 9.47 Å². The van der Waals surface area contributed by atoms with Crippen molar-refractivity contribution in [1.29, 1.82) is 0 Å². The minimum Gasteiger partial charge on any atom is -0.489 e. The van der Waals surface area contributed by atoms with Gasteiger partial charge in [0.2, 0.25) is 10.0 Å². The van der Waals surface area contributed by atoms with Crippen LogP contribution in [0.2, 0.25) is 0 Å². The van der Waals surface area contributed by atoms with E-state index in [1.165, 1.54) is 30.5 Å². The molecule has 1 aliphatic heterocycles. The predicted octanol–water partition coefficient (Wildman–Crippen LogP) is 3.87. The van der Waals surface area contributed by atoms with Crippen LogP contribution >= 0.6 is 11.3 Å². The third kappa shape index (κ3) is 5.86. The molecule has 0 saturated heterocycles. The highest BCUT2D eigenvalue weighted by molar-refractivity contribution is 7.89. The largest absolute Gasteiger partial charge is 0.489 e. The molecule has 2 heterocycles. The van der Waals surface area contributed by atoms with Crippen molar-refractivity contribution in [2.45, 2.75) is 50.3 Å². The topological polar surface area (TPSA) is 84.9 Å². The number of hydrogen-bond donors (Lipinski definition) is 1. The van der Waals surface area contributed by atoms with Gasteiger partial charge < -0.3 is 14.8 Å². The molecule has 1 N–H and O–H groups in total. The summed E-state index contributed by atoms with van der Waals surface area (Å²) in [5.41, 5.74) is 0. The Kier molecular flexibility index (Phi) is 8.26. The average molecular weight is 485 g/mol. The SMILES string of the molecule is C[C@@H]1CNC(=O)c2sccc2O[C@@H](C)CCCCO[C@H]1N(C)S(=O)(=O)c1ccc(F)cc1. The summed E-state index contributed by atoms with van der Waals surface area (Å²) >= 11 is 1.30. The lowest BCUT2D eigenvalue weighted by atomic mass is 10.1. The van der Waals surface area contributed by atoms with Crippen LogP contribution in [0.25, 0.3) is 0 Å². The second-order valence-corrected chi connectivity index (χ2v) is 10.9. The molecule has 0 fully saturated rings. The quantitative estimate of drug-likeness (QED) is 0.715. The van der Waals surface area contributed by atoms with Crippen molar-refractivity contribution >= 4 is 27.3 Å². The van der Waals surface area contributed by atoms with E-state index >= 15 is 0 Å². The van der Waals surface area contributed by atoms with Gasteiger partial charge >= 0.3 is 0 Å². The van der Waals surface area contributed by atoms with Crippen molar-refractivity contribution < 1.29 is 27.1 Å². The fourth-order valence-electron chi connectivity index (χ4n) is 3.54. The molecule has 1 aromatic carbocycles. The molecule has 176 valence electrons. The van der Waals surface area contributed by atoms with Crippen LogP contribution in [0.15, 0.2) is 40.6 Å². The van der Waals surface area contributed by atoms with E-state index in [0.717, 1.165) is 35.7 Å². The molecule has 32 heavy (non-hydrogen) atoms. The van der Waals surface area contributed by atoms with E-state index in [1.807, 2.05) is 19.2 Å². The lowest BCUT2D eigenvalue weighted by molar-refractivity contribution is -0.0453. The maximum absolute atomic E-state index is 13.3. The third-order valence-corrected chi connectivity index (χ3v) is 8.11. The van der Waals surface area contributed by atoms with Crippen LogP contribution in [0.4, 0.5) is 4.39 Å². The van der Waals surface area contributed by atoms with Gasteiger partial charge in [-0.25, -0.2) is 12.8 Å². The first kappa shape index (κ1) is 24.6. The number of thiophene rings is 1. The molecule has 2 aromatic rings. The van der Waals surface area contributed by atoms with Crippen LogP contribution in [-0.4, -0.2) is 51.2 Å². The lowest BCUT2D eigenvalue weighted by Gasteiger charge is -2.32.